The van der Waals surface area contributed by atoms with Crippen LogP contribution in [0.15, 0.2) is 53.4 Å². The summed E-state index contributed by atoms with van der Waals surface area (Å²) in [7, 11) is -2.50. The third-order valence-corrected chi connectivity index (χ3v) is 6.08. The monoisotopic (exact) mass is 415 g/mol. The van der Waals surface area contributed by atoms with E-state index in [0.29, 0.717) is 0 Å². The predicted molar refractivity (Wildman–Crippen MR) is 112 cm³/mol. The van der Waals surface area contributed by atoms with E-state index in [4.69, 9.17) is 0 Å². The second-order valence-corrected chi connectivity index (χ2v) is 8.85. The maximum atomic E-state index is 12.5. The second kappa shape index (κ2) is 9.49. The van der Waals surface area contributed by atoms with Gasteiger partial charge in [0.25, 0.3) is 11.8 Å². The molecule has 0 fully saturated rings. The Morgan fingerprint density at radius 3 is 2.21 bits per heavy atom. The number of hydrogen-bond acceptors (Lipinski definition) is 4. The van der Waals surface area contributed by atoms with Crippen LogP contribution in [0.2, 0.25) is 0 Å². The van der Waals surface area contributed by atoms with Crippen molar-refractivity contribution in [1.82, 2.24) is 15.2 Å². The number of carbonyl (C=O) groups excluding carboxylic acids is 2. The molecule has 2 N–H and O–H groups in total. The first kappa shape index (κ1) is 22.3. The smallest absolute Gasteiger partial charge is 0.262 e. The van der Waals surface area contributed by atoms with Gasteiger partial charge in [-0.1, -0.05) is 41.5 Å². The van der Waals surface area contributed by atoms with Crippen LogP contribution >= 0.6 is 0 Å². The number of nitrogens with zero attached hydrogens (tertiary/aromatic N) is 1. The highest BCUT2D eigenvalue weighted by Gasteiger charge is 2.22. The molecule has 0 aliphatic heterocycles. The Kier molecular flexibility index (Phi) is 7.30. The predicted octanol–water partition coefficient (Wildman–Crippen LogP) is 2.09. The summed E-state index contributed by atoms with van der Waals surface area (Å²) in [4.78, 5) is 24.0. The van der Waals surface area contributed by atoms with Crippen LogP contribution in [0.25, 0.3) is 6.08 Å². The van der Waals surface area contributed by atoms with Crippen molar-refractivity contribution < 1.29 is 18.0 Å². The molecule has 0 aromatic heterocycles. The van der Waals surface area contributed by atoms with E-state index < -0.39 is 28.4 Å². The number of amides is 2. The standard InChI is InChI=1S/C21H25N3O4S/c1-15-6-10-19(11-7-15)29(27,28)24(4)14-21(26)23-22-20(25)12-9-18-8-5-16(2)13-17(18)3/h5-13H,14H2,1-4H3,(H,22,25)(H,23,26)/b12-9+. The van der Waals surface area contributed by atoms with E-state index in [-0.39, 0.29) is 4.90 Å². The van der Waals surface area contributed by atoms with Crippen LogP contribution in [0.5, 0.6) is 0 Å². The van der Waals surface area contributed by atoms with Gasteiger partial charge in [-0.05, 0) is 50.1 Å². The number of aryl methyl sites for hydroxylation is 3. The van der Waals surface area contributed by atoms with Crippen LogP contribution in [0.1, 0.15) is 22.3 Å². The molecule has 2 rings (SSSR count). The fourth-order valence-electron chi connectivity index (χ4n) is 2.57. The topological polar surface area (TPSA) is 95.6 Å². The third kappa shape index (κ3) is 6.27. The first-order valence-corrected chi connectivity index (χ1v) is 10.4. The van der Waals surface area contributed by atoms with Crippen LogP contribution in [0.3, 0.4) is 0 Å². The zero-order valence-electron chi connectivity index (χ0n) is 16.9. The molecule has 2 aromatic carbocycles. The number of rotatable bonds is 6. The van der Waals surface area contributed by atoms with Crippen molar-refractivity contribution in [2.45, 2.75) is 25.7 Å². The fourth-order valence-corrected chi connectivity index (χ4v) is 3.70. The number of likely N-dealkylation sites (N-methyl/N-ethyl adjacent to an activating group) is 1. The Morgan fingerprint density at radius 1 is 0.966 bits per heavy atom. The number of hydrazine groups is 1. The van der Waals surface area contributed by atoms with E-state index in [1.54, 1.807) is 18.2 Å². The molecule has 2 aromatic rings. The minimum absolute atomic E-state index is 0.0961. The maximum absolute atomic E-state index is 12.5. The average Bonchev–Trinajstić information content (AvgIpc) is 2.66. The number of benzene rings is 2. The van der Waals surface area contributed by atoms with E-state index in [1.807, 2.05) is 39.0 Å². The first-order valence-electron chi connectivity index (χ1n) is 8.97. The molecule has 0 atom stereocenters. The number of nitrogens with one attached hydrogen (secondary N) is 2. The van der Waals surface area contributed by atoms with E-state index in [1.165, 1.54) is 25.3 Å². The van der Waals surface area contributed by atoms with E-state index in [0.717, 1.165) is 26.6 Å². The minimum atomic E-state index is -3.80. The number of carbonyl (C=O) groups is 2. The Labute approximate surface area is 171 Å². The highest BCUT2D eigenvalue weighted by atomic mass is 32.2. The summed E-state index contributed by atoms with van der Waals surface area (Å²) < 4.78 is 25.9. The van der Waals surface area contributed by atoms with Gasteiger partial charge in [0.1, 0.15) is 0 Å². The molecule has 0 heterocycles. The van der Waals surface area contributed by atoms with Gasteiger partial charge in [-0.3, -0.25) is 20.4 Å². The van der Waals surface area contributed by atoms with Gasteiger partial charge in [-0.2, -0.15) is 4.31 Å². The molecule has 7 nitrogen and oxygen atoms in total. The van der Waals surface area contributed by atoms with Crippen LogP contribution in [-0.4, -0.2) is 38.1 Å². The molecule has 0 bridgehead atoms. The molecule has 0 unspecified atom stereocenters. The van der Waals surface area contributed by atoms with E-state index in [9.17, 15) is 18.0 Å². The minimum Gasteiger partial charge on any atom is -0.272 e. The third-order valence-electron chi connectivity index (χ3n) is 4.26. The van der Waals surface area contributed by atoms with Crippen LogP contribution < -0.4 is 10.9 Å². The second-order valence-electron chi connectivity index (χ2n) is 6.80. The van der Waals surface area contributed by atoms with Gasteiger partial charge in [-0.15, -0.1) is 0 Å². The average molecular weight is 416 g/mol. The zero-order valence-corrected chi connectivity index (χ0v) is 17.7. The van der Waals surface area contributed by atoms with Crippen molar-refractivity contribution in [1.29, 1.82) is 0 Å². The molecule has 0 saturated heterocycles. The van der Waals surface area contributed by atoms with Crippen molar-refractivity contribution in [3.63, 3.8) is 0 Å². The van der Waals surface area contributed by atoms with Crippen LogP contribution in [0, 0.1) is 20.8 Å². The SMILES string of the molecule is Cc1ccc(S(=O)(=O)N(C)CC(=O)NNC(=O)/C=C/c2ccc(C)cc2C)cc1. The summed E-state index contributed by atoms with van der Waals surface area (Å²) in [6.45, 7) is 5.34. The van der Waals surface area contributed by atoms with Gasteiger partial charge in [0, 0.05) is 13.1 Å². The summed E-state index contributed by atoms with van der Waals surface area (Å²) in [6, 6.07) is 12.2. The zero-order chi connectivity index (χ0) is 21.6. The summed E-state index contributed by atoms with van der Waals surface area (Å²) in [5.74, 6) is -1.18. The largest absolute Gasteiger partial charge is 0.272 e. The summed E-state index contributed by atoms with van der Waals surface area (Å²) >= 11 is 0. The normalized spacial score (nSPS) is 11.6. The van der Waals surface area contributed by atoms with Crippen molar-refractivity contribution >= 4 is 27.9 Å². The van der Waals surface area contributed by atoms with Gasteiger partial charge >= 0.3 is 0 Å². The van der Waals surface area contributed by atoms with Gasteiger partial charge in [0.15, 0.2) is 0 Å². The molecule has 8 heteroatoms. The molecule has 0 radical (unpaired) electrons. The Bertz CT molecular complexity index is 1030. The Hall–Kier alpha value is -2.97. The first-order chi connectivity index (χ1) is 13.6. The van der Waals surface area contributed by atoms with Crippen LogP contribution in [-0.2, 0) is 19.6 Å². The van der Waals surface area contributed by atoms with Crippen molar-refractivity contribution in [2.24, 2.45) is 0 Å². The molecular weight excluding hydrogens is 390 g/mol. The Balaban J connectivity index is 1.89. The lowest BCUT2D eigenvalue weighted by Gasteiger charge is -2.17. The Morgan fingerprint density at radius 2 is 1.59 bits per heavy atom. The summed E-state index contributed by atoms with van der Waals surface area (Å²) in [5.41, 5.74) is 8.43. The fraction of sp³-hybridized carbons (Fsp3) is 0.238. The lowest BCUT2D eigenvalue weighted by molar-refractivity contribution is -0.126. The van der Waals surface area contributed by atoms with Crippen molar-refractivity contribution in [3.8, 4) is 0 Å². The molecule has 0 aliphatic carbocycles. The molecule has 0 aliphatic rings. The molecular formula is C21H25N3O4S. The van der Waals surface area contributed by atoms with Crippen molar-refractivity contribution in [2.75, 3.05) is 13.6 Å². The van der Waals surface area contributed by atoms with Crippen LogP contribution in [0.4, 0.5) is 0 Å². The van der Waals surface area contributed by atoms with Gasteiger partial charge < -0.3 is 0 Å². The molecule has 154 valence electrons. The van der Waals surface area contributed by atoms with Crippen molar-refractivity contribution in [3.05, 3.63) is 70.8 Å². The lowest BCUT2D eigenvalue weighted by atomic mass is 10.1. The maximum Gasteiger partial charge on any atom is 0.262 e. The number of sulfonamides is 1. The quantitative estimate of drug-likeness (QED) is 0.558. The van der Waals surface area contributed by atoms with Gasteiger partial charge in [0.2, 0.25) is 10.0 Å². The molecule has 0 saturated carbocycles. The molecule has 2 amide bonds. The van der Waals surface area contributed by atoms with Gasteiger partial charge in [-0.25, -0.2) is 8.42 Å². The summed E-state index contributed by atoms with van der Waals surface area (Å²) in [6.07, 6.45) is 2.94. The highest BCUT2D eigenvalue weighted by molar-refractivity contribution is 7.89. The lowest BCUT2D eigenvalue weighted by Crippen LogP contribution is -2.46. The molecule has 29 heavy (non-hydrogen) atoms. The number of hydrogen-bond donors (Lipinski definition) is 2. The van der Waals surface area contributed by atoms with E-state index >= 15 is 0 Å². The molecule has 0 spiro atoms. The highest BCUT2D eigenvalue weighted by Crippen LogP contribution is 2.14. The summed E-state index contributed by atoms with van der Waals surface area (Å²) in [5, 5.41) is 0. The van der Waals surface area contributed by atoms with E-state index in [2.05, 4.69) is 10.9 Å². The van der Waals surface area contributed by atoms with Gasteiger partial charge in [0.05, 0.1) is 11.4 Å².